The molecule has 0 aromatic rings. The first-order valence-corrected chi connectivity index (χ1v) is 4.03. The van der Waals surface area contributed by atoms with E-state index in [1.165, 1.54) is 0 Å². The summed E-state index contributed by atoms with van der Waals surface area (Å²) >= 11 is 0. The Kier molecular flexibility index (Phi) is 4.85. The summed E-state index contributed by atoms with van der Waals surface area (Å²) in [6, 6.07) is -0.0238. The van der Waals surface area contributed by atoms with Crippen molar-refractivity contribution in [1.29, 1.82) is 0 Å². The summed E-state index contributed by atoms with van der Waals surface area (Å²) in [5, 5.41) is 19.2. The Hall–Kier alpha value is -0.610. The second-order valence-corrected chi connectivity index (χ2v) is 3.08. The third-order valence-electron chi connectivity index (χ3n) is 2.06. The molecule has 2 unspecified atom stereocenters. The van der Waals surface area contributed by atoms with E-state index in [0.29, 0.717) is 6.54 Å². The van der Waals surface area contributed by atoms with Crippen LogP contribution < -0.4 is 5.11 Å². The molecule has 1 N–H and O–H groups in total. The number of aliphatic hydroxyl groups is 1. The van der Waals surface area contributed by atoms with Crippen molar-refractivity contribution in [3.8, 4) is 0 Å². The maximum Gasteiger partial charge on any atom is 0.0664 e. The molecule has 0 aromatic carbocycles. The van der Waals surface area contributed by atoms with Crippen LogP contribution in [0.25, 0.3) is 0 Å². The van der Waals surface area contributed by atoms with E-state index in [-0.39, 0.29) is 12.5 Å². The first-order chi connectivity index (χ1) is 5.45. The van der Waals surface area contributed by atoms with Crippen LogP contribution >= 0.6 is 0 Å². The van der Waals surface area contributed by atoms with Gasteiger partial charge in [0.2, 0.25) is 0 Å². The minimum Gasteiger partial charge on any atom is -0.550 e. The Morgan fingerprint density at radius 2 is 2.08 bits per heavy atom. The molecule has 2 atom stereocenters. The third kappa shape index (κ3) is 4.31. The number of rotatable bonds is 5. The molecule has 12 heavy (non-hydrogen) atoms. The first-order valence-electron chi connectivity index (χ1n) is 4.03. The van der Waals surface area contributed by atoms with Gasteiger partial charge in [-0.1, -0.05) is 0 Å². The molecular formula is C8H16NO3-. The van der Waals surface area contributed by atoms with Crippen LogP contribution in [0.15, 0.2) is 0 Å². The Labute approximate surface area is 72.8 Å². The number of carbonyl (C=O) groups excluding carboxylic acids is 1. The van der Waals surface area contributed by atoms with Crippen LogP contribution in [0.5, 0.6) is 0 Å². The largest absolute Gasteiger partial charge is 0.550 e. The number of carboxylic acid groups (broad SMARTS) is 1. The fraction of sp³-hybridized carbons (Fsp3) is 0.875. The van der Waals surface area contributed by atoms with Crippen LogP contribution in [0.1, 0.15) is 20.3 Å². The van der Waals surface area contributed by atoms with Crippen molar-refractivity contribution in [3.05, 3.63) is 0 Å². The topological polar surface area (TPSA) is 63.6 Å². The van der Waals surface area contributed by atoms with Gasteiger partial charge in [0.15, 0.2) is 0 Å². The van der Waals surface area contributed by atoms with Gasteiger partial charge in [0.05, 0.1) is 6.10 Å². The molecule has 72 valence electrons. The van der Waals surface area contributed by atoms with E-state index >= 15 is 0 Å². The summed E-state index contributed by atoms with van der Waals surface area (Å²) in [6.07, 6.45) is -0.440. The lowest BCUT2D eigenvalue weighted by molar-refractivity contribution is -0.305. The Balaban J connectivity index is 3.71. The van der Waals surface area contributed by atoms with Crippen LogP contribution in [0.4, 0.5) is 0 Å². The summed E-state index contributed by atoms with van der Waals surface area (Å²) in [7, 11) is 1.78. The molecule has 0 saturated heterocycles. The molecule has 0 spiro atoms. The zero-order valence-electron chi connectivity index (χ0n) is 7.78. The van der Waals surface area contributed by atoms with Gasteiger partial charge in [-0.15, -0.1) is 0 Å². The van der Waals surface area contributed by atoms with Crippen LogP contribution in [0.2, 0.25) is 0 Å². The van der Waals surface area contributed by atoms with E-state index in [1.807, 2.05) is 6.92 Å². The minimum absolute atomic E-state index is 0.00750. The van der Waals surface area contributed by atoms with Crippen molar-refractivity contribution in [2.45, 2.75) is 32.4 Å². The van der Waals surface area contributed by atoms with Gasteiger partial charge < -0.3 is 19.9 Å². The second-order valence-electron chi connectivity index (χ2n) is 3.08. The molecule has 0 radical (unpaired) electrons. The molecule has 0 aliphatic rings. The van der Waals surface area contributed by atoms with E-state index in [2.05, 4.69) is 0 Å². The van der Waals surface area contributed by atoms with E-state index < -0.39 is 12.1 Å². The highest BCUT2D eigenvalue weighted by molar-refractivity contribution is 5.64. The molecular weight excluding hydrogens is 158 g/mol. The van der Waals surface area contributed by atoms with Crippen molar-refractivity contribution in [3.63, 3.8) is 0 Å². The fourth-order valence-electron chi connectivity index (χ4n) is 0.840. The van der Waals surface area contributed by atoms with Gasteiger partial charge in [0.25, 0.3) is 0 Å². The Morgan fingerprint density at radius 1 is 1.58 bits per heavy atom. The normalized spacial score (nSPS) is 16.1. The maximum absolute atomic E-state index is 10.1. The van der Waals surface area contributed by atoms with Crippen LogP contribution in [-0.2, 0) is 4.79 Å². The molecule has 0 fully saturated rings. The zero-order valence-corrected chi connectivity index (χ0v) is 7.78. The molecule has 4 heteroatoms. The second kappa shape index (κ2) is 5.11. The maximum atomic E-state index is 10.1. The molecule has 0 aliphatic heterocycles. The van der Waals surface area contributed by atoms with Gasteiger partial charge in [-0.3, -0.25) is 0 Å². The summed E-state index contributed by atoms with van der Waals surface area (Å²) in [5.74, 6) is -1.06. The molecule has 0 bridgehead atoms. The van der Waals surface area contributed by atoms with Gasteiger partial charge in [0.1, 0.15) is 0 Å². The van der Waals surface area contributed by atoms with Crippen molar-refractivity contribution >= 4 is 5.97 Å². The number of likely N-dealkylation sites (N-methyl/N-ethyl adjacent to an activating group) is 1. The number of hydrogen-bond donors (Lipinski definition) is 1. The molecule has 0 saturated carbocycles. The Morgan fingerprint density at radius 3 is 2.42 bits per heavy atom. The van der Waals surface area contributed by atoms with E-state index in [0.717, 1.165) is 0 Å². The fourth-order valence-corrected chi connectivity index (χ4v) is 0.840. The van der Waals surface area contributed by atoms with E-state index in [1.54, 1.807) is 18.9 Å². The number of hydrogen-bond acceptors (Lipinski definition) is 4. The molecule has 0 amide bonds. The molecule has 0 aromatic heterocycles. The molecule has 0 aliphatic carbocycles. The highest BCUT2D eigenvalue weighted by Gasteiger charge is 2.13. The highest BCUT2D eigenvalue weighted by Crippen LogP contribution is 2.01. The first kappa shape index (κ1) is 11.4. The number of carboxylic acids is 1. The van der Waals surface area contributed by atoms with Gasteiger partial charge in [-0.05, 0) is 27.3 Å². The van der Waals surface area contributed by atoms with Crippen LogP contribution in [0.3, 0.4) is 0 Å². The lowest BCUT2D eigenvalue weighted by Crippen LogP contribution is -2.39. The van der Waals surface area contributed by atoms with Gasteiger partial charge in [-0.2, -0.15) is 0 Å². The molecule has 0 rings (SSSR count). The highest BCUT2D eigenvalue weighted by atomic mass is 16.4. The van der Waals surface area contributed by atoms with E-state index in [9.17, 15) is 9.90 Å². The van der Waals surface area contributed by atoms with Crippen molar-refractivity contribution < 1.29 is 15.0 Å². The van der Waals surface area contributed by atoms with Gasteiger partial charge in [-0.25, -0.2) is 0 Å². The number of aliphatic hydroxyl groups excluding tert-OH is 1. The quantitative estimate of drug-likeness (QED) is 0.570. The molecule has 4 nitrogen and oxygen atoms in total. The molecule has 0 heterocycles. The number of carbonyl (C=O) groups is 1. The Bertz CT molecular complexity index is 147. The lowest BCUT2D eigenvalue weighted by Gasteiger charge is -2.26. The summed E-state index contributed by atoms with van der Waals surface area (Å²) in [5.41, 5.74) is 0. The SMILES string of the molecule is CC(O)C(C)N(C)CCC(=O)[O-]. The standard InChI is InChI=1S/C8H17NO3/c1-6(7(2)10)9(3)5-4-8(11)12/h6-7,10H,4-5H2,1-3H3,(H,11,12)/p-1. The lowest BCUT2D eigenvalue weighted by atomic mass is 10.2. The smallest absolute Gasteiger partial charge is 0.0664 e. The van der Waals surface area contributed by atoms with Crippen molar-refractivity contribution in [2.75, 3.05) is 13.6 Å². The van der Waals surface area contributed by atoms with Crippen molar-refractivity contribution in [2.24, 2.45) is 0 Å². The minimum atomic E-state index is -1.06. The predicted octanol–water partition coefficient (Wildman–Crippen LogP) is -1.17. The van der Waals surface area contributed by atoms with Crippen LogP contribution in [-0.4, -0.2) is 41.7 Å². The van der Waals surface area contributed by atoms with Crippen molar-refractivity contribution in [1.82, 2.24) is 4.90 Å². The predicted molar refractivity (Wildman–Crippen MR) is 43.4 cm³/mol. The monoisotopic (exact) mass is 174 g/mol. The third-order valence-corrected chi connectivity index (χ3v) is 2.06. The van der Waals surface area contributed by atoms with E-state index in [4.69, 9.17) is 5.11 Å². The average Bonchev–Trinajstić information content (AvgIpc) is 1.98. The van der Waals surface area contributed by atoms with Gasteiger partial charge >= 0.3 is 0 Å². The number of nitrogens with zero attached hydrogens (tertiary/aromatic N) is 1. The van der Waals surface area contributed by atoms with Crippen LogP contribution in [0, 0.1) is 0 Å². The summed E-state index contributed by atoms with van der Waals surface area (Å²) < 4.78 is 0. The zero-order chi connectivity index (χ0) is 9.72. The summed E-state index contributed by atoms with van der Waals surface area (Å²) in [6.45, 7) is 3.94. The summed E-state index contributed by atoms with van der Waals surface area (Å²) in [4.78, 5) is 11.9. The average molecular weight is 174 g/mol. The van der Waals surface area contributed by atoms with Gasteiger partial charge in [0, 0.05) is 18.6 Å². The number of aliphatic carboxylic acids is 1.